The van der Waals surface area contributed by atoms with E-state index in [9.17, 15) is 4.79 Å². The van der Waals surface area contributed by atoms with E-state index in [1.807, 2.05) is 36.1 Å². The van der Waals surface area contributed by atoms with Crippen LogP contribution in [0.25, 0.3) is 0 Å². The molecule has 1 atom stereocenters. The molecule has 12 heavy (non-hydrogen) atoms. The summed E-state index contributed by atoms with van der Waals surface area (Å²) in [6, 6.07) is 8.41. The van der Waals surface area contributed by atoms with Crippen LogP contribution < -0.4 is 5.73 Å². The van der Waals surface area contributed by atoms with E-state index in [4.69, 9.17) is 6.52 Å². The van der Waals surface area contributed by atoms with Crippen molar-refractivity contribution in [3.05, 3.63) is 35.9 Å². The molecule has 0 radical (unpaired) electrons. The molecular formula is C9H11NO2. The van der Waals surface area contributed by atoms with Gasteiger partial charge in [-0.2, -0.15) is 0 Å². The van der Waals surface area contributed by atoms with Gasteiger partial charge in [-0.3, -0.25) is 4.79 Å². The van der Waals surface area contributed by atoms with Crippen molar-refractivity contribution in [1.29, 1.82) is 0 Å². The molecule has 0 heterocycles. The van der Waals surface area contributed by atoms with Crippen molar-refractivity contribution < 1.29 is 11.3 Å². The second-order valence-electron chi connectivity index (χ2n) is 2.58. The molecular weight excluding hydrogens is 154 g/mol. The van der Waals surface area contributed by atoms with Crippen molar-refractivity contribution in [2.45, 2.75) is 12.5 Å². The first kappa shape index (κ1) is 7.31. The molecule has 0 saturated heterocycles. The highest BCUT2D eigenvalue weighted by Gasteiger charge is 2.10. The molecule has 3 nitrogen and oxygen atoms in total. The molecule has 0 amide bonds. The largest absolute Gasteiger partial charge is 0.480 e. The Balaban J connectivity index is 2.62. The maximum atomic E-state index is 10.6. The highest BCUT2D eigenvalue weighted by Crippen LogP contribution is 2.01. The number of aliphatic carboxylic acids is 1. The Kier molecular flexibility index (Phi) is 2.36. The van der Waals surface area contributed by atoms with Gasteiger partial charge in [0.1, 0.15) is 7.45 Å². The van der Waals surface area contributed by atoms with E-state index in [0.29, 0.717) is 6.42 Å². The Labute approximate surface area is 72.3 Å². The van der Waals surface area contributed by atoms with Crippen LogP contribution in [0.15, 0.2) is 30.3 Å². The Hall–Kier alpha value is -1.35. The summed E-state index contributed by atoms with van der Waals surface area (Å²) in [5, 5.41) is 8.65. The first-order chi connectivity index (χ1) is 6.24. The molecule has 1 aromatic carbocycles. The first-order valence-corrected chi connectivity index (χ1v) is 3.68. The van der Waals surface area contributed by atoms with E-state index in [0.717, 1.165) is 5.56 Å². The van der Waals surface area contributed by atoms with Gasteiger partial charge in [0, 0.05) is 0 Å². The molecule has 0 bridgehead atoms. The molecule has 3 N–H and O–H groups in total. The van der Waals surface area contributed by atoms with Gasteiger partial charge in [-0.15, -0.1) is 0 Å². The highest BCUT2D eigenvalue weighted by molar-refractivity contribution is 5.73. The lowest BCUT2D eigenvalue weighted by atomic mass is 10.1. The summed E-state index contributed by atoms with van der Waals surface area (Å²) in [4.78, 5) is 10.6. The third-order valence-corrected chi connectivity index (χ3v) is 1.58. The molecule has 0 unspecified atom stereocenters. The van der Waals surface area contributed by atoms with E-state index in [-0.39, 0.29) is 0 Å². The molecule has 1 aromatic rings. The SMILES string of the molecule is [2H]N[C@@H](Cc1ccccc1)C(=O)O. The third-order valence-electron chi connectivity index (χ3n) is 1.58. The first-order valence-electron chi connectivity index (χ1n) is 4.18. The summed E-state index contributed by atoms with van der Waals surface area (Å²) < 4.78 is 6.81. The van der Waals surface area contributed by atoms with Gasteiger partial charge in [0.15, 0.2) is 0 Å². The maximum Gasteiger partial charge on any atom is 0.320 e. The molecule has 1 rings (SSSR count). The topological polar surface area (TPSA) is 63.3 Å². The quantitative estimate of drug-likeness (QED) is 0.690. The lowest BCUT2D eigenvalue weighted by molar-refractivity contribution is -0.138. The number of benzene rings is 1. The van der Waals surface area contributed by atoms with Gasteiger partial charge < -0.3 is 10.8 Å². The van der Waals surface area contributed by atoms with Gasteiger partial charge in [0.05, 0.1) is 0 Å². The number of carbonyl (C=O) groups is 1. The van der Waals surface area contributed by atoms with Crippen LogP contribution in [-0.4, -0.2) is 17.1 Å². The van der Waals surface area contributed by atoms with Crippen molar-refractivity contribution in [3.8, 4) is 0 Å². The van der Waals surface area contributed by atoms with E-state index in [1.165, 1.54) is 0 Å². The molecule has 0 saturated carbocycles. The Morgan fingerprint density at radius 2 is 2.25 bits per heavy atom. The van der Waals surface area contributed by atoms with Crippen molar-refractivity contribution in [1.82, 2.24) is 0 Å². The van der Waals surface area contributed by atoms with Gasteiger partial charge >= 0.3 is 5.97 Å². The van der Waals surface area contributed by atoms with E-state index in [1.54, 1.807) is 0 Å². The molecule has 64 valence electrons. The van der Waals surface area contributed by atoms with Gasteiger partial charge in [0.2, 0.25) is 0 Å². The number of carboxylic acid groups (broad SMARTS) is 1. The summed E-state index contributed by atoms with van der Waals surface area (Å²) in [6.07, 6.45) is 0.333. The van der Waals surface area contributed by atoms with Crippen molar-refractivity contribution >= 4 is 5.97 Å². The third kappa shape index (κ3) is 2.36. The maximum absolute atomic E-state index is 10.6. The van der Waals surface area contributed by atoms with Crippen LogP contribution in [0, 0.1) is 0 Å². The lowest BCUT2D eigenvalue weighted by Gasteiger charge is -2.04. The van der Waals surface area contributed by atoms with Gasteiger partial charge in [-0.05, 0) is 12.0 Å². The average Bonchev–Trinajstić information content (AvgIpc) is 2.15. The number of rotatable bonds is 4. The van der Waals surface area contributed by atoms with Crippen LogP contribution in [0.3, 0.4) is 0 Å². The molecule has 3 heteroatoms. The van der Waals surface area contributed by atoms with Crippen LogP contribution >= 0.6 is 0 Å². The predicted octanol–water partition coefficient (Wildman–Crippen LogP) is 0.641. The number of nitrogens with two attached hydrogens (primary N) is 1. The fraction of sp³-hybridized carbons (Fsp3) is 0.222. The predicted molar refractivity (Wildman–Crippen MR) is 45.8 cm³/mol. The van der Waals surface area contributed by atoms with Gasteiger partial charge in [-0.1, -0.05) is 30.3 Å². The van der Waals surface area contributed by atoms with Gasteiger partial charge in [0.25, 0.3) is 0 Å². The lowest BCUT2D eigenvalue weighted by Crippen LogP contribution is -2.32. The van der Waals surface area contributed by atoms with Gasteiger partial charge in [-0.25, -0.2) is 0 Å². The summed E-state index contributed by atoms with van der Waals surface area (Å²) in [5.41, 5.74) is 2.91. The monoisotopic (exact) mass is 166 g/mol. The molecule has 0 aliphatic carbocycles. The molecule has 0 aromatic heterocycles. The Morgan fingerprint density at radius 3 is 2.75 bits per heavy atom. The zero-order valence-electron chi connectivity index (χ0n) is 7.53. The van der Waals surface area contributed by atoms with Crippen LogP contribution in [0.4, 0.5) is 0 Å². The number of hydrogen-bond donors (Lipinski definition) is 2. The molecule has 0 spiro atoms. The average molecular weight is 166 g/mol. The van der Waals surface area contributed by atoms with Crippen molar-refractivity contribution in [2.24, 2.45) is 5.73 Å². The van der Waals surface area contributed by atoms with Crippen LogP contribution in [-0.2, 0) is 11.2 Å². The van der Waals surface area contributed by atoms with Crippen LogP contribution in [0.5, 0.6) is 0 Å². The number of hydrogen-bond acceptors (Lipinski definition) is 2. The normalized spacial score (nSPS) is 13.5. The number of carboxylic acids is 1. The van der Waals surface area contributed by atoms with Crippen molar-refractivity contribution in [3.63, 3.8) is 0 Å². The minimum atomic E-state index is -1.00. The standard InChI is InChI=1S/C9H11NO2/c10-8(9(11)12)6-7-4-2-1-3-5-7/h1-5,8H,6,10H2,(H,11,12)/t8-/m0/s1/i/hD. The summed E-state index contributed by atoms with van der Waals surface area (Å²) in [5.74, 6) is -1.00. The summed E-state index contributed by atoms with van der Waals surface area (Å²) in [7, 11) is 0. The smallest absolute Gasteiger partial charge is 0.320 e. The van der Waals surface area contributed by atoms with Crippen LogP contribution in [0.2, 0.25) is 1.41 Å². The fourth-order valence-electron chi connectivity index (χ4n) is 0.937. The zero-order valence-corrected chi connectivity index (χ0v) is 6.53. The second-order valence-corrected chi connectivity index (χ2v) is 2.58. The fourth-order valence-corrected chi connectivity index (χ4v) is 0.937. The Morgan fingerprint density at radius 1 is 1.58 bits per heavy atom. The van der Waals surface area contributed by atoms with E-state index < -0.39 is 12.0 Å². The highest BCUT2D eigenvalue weighted by atomic mass is 16.4. The van der Waals surface area contributed by atoms with Crippen molar-refractivity contribution in [2.75, 3.05) is 0 Å². The van der Waals surface area contributed by atoms with Crippen LogP contribution in [0.1, 0.15) is 5.56 Å². The Bertz CT molecular complexity index is 276. The summed E-state index contributed by atoms with van der Waals surface area (Å²) >= 11 is 0. The van der Waals surface area contributed by atoms with E-state index >= 15 is 0 Å². The second kappa shape index (κ2) is 3.88. The molecule has 0 aliphatic rings. The molecule has 0 aliphatic heterocycles. The minimum Gasteiger partial charge on any atom is -0.480 e. The summed E-state index contributed by atoms with van der Waals surface area (Å²) in [6.45, 7) is 0. The van der Waals surface area contributed by atoms with E-state index in [2.05, 4.69) is 0 Å². The minimum absolute atomic E-state index is 0.333. The molecule has 0 fully saturated rings. The zero-order chi connectivity index (χ0) is 9.68.